The normalized spacial score (nSPS) is 19.0. The van der Waals surface area contributed by atoms with Crippen LogP contribution in [0.25, 0.3) is 0 Å². The monoisotopic (exact) mass is 418 g/mol. The van der Waals surface area contributed by atoms with Crippen LogP contribution in [0.15, 0.2) is 42.5 Å². The van der Waals surface area contributed by atoms with Crippen molar-refractivity contribution >= 4 is 21.6 Å². The zero-order valence-corrected chi connectivity index (χ0v) is 16.9. The molecule has 0 fully saturated rings. The summed E-state index contributed by atoms with van der Waals surface area (Å²) in [5, 5.41) is 2.89. The lowest BCUT2D eigenvalue weighted by atomic mass is 10.1. The van der Waals surface area contributed by atoms with Crippen molar-refractivity contribution < 1.29 is 27.4 Å². The number of hydrogen-bond acceptors (Lipinski definition) is 6. The zero-order chi connectivity index (χ0) is 20.6. The maximum atomic E-state index is 12.8. The third-order valence-corrected chi connectivity index (χ3v) is 6.00. The Kier molecular flexibility index (Phi) is 4.99. The molecule has 2 heterocycles. The van der Waals surface area contributed by atoms with Crippen LogP contribution in [0.1, 0.15) is 18.5 Å². The number of nitrogens with zero attached hydrogens (tertiary/aromatic N) is 1. The number of hydrogen-bond donors (Lipinski definition) is 1. The lowest BCUT2D eigenvalue weighted by molar-refractivity contribution is -0.128. The second-order valence-corrected chi connectivity index (χ2v) is 8.91. The van der Waals surface area contributed by atoms with Crippen LogP contribution >= 0.6 is 0 Å². The van der Waals surface area contributed by atoms with Crippen LogP contribution in [0.3, 0.4) is 0 Å². The van der Waals surface area contributed by atoms with Gasteiger partial charge in [0.2, 0.25) is 10.0 Å². The molecule has 0 aromatic heterocycles. The standard InChI is InChI=1S/C20H22N2O6S/c1-13(14-7-8-17-18(11-14)27-10-9-26-17)21-20(23)19-12-22(29(2,24)25)15-5-3-4-6-16(15)28-19/h3-8,11,13,19H,9-10,12H2,1-2H3,(H,21,23)/t13-,19-/m1/s1. The average Bonchev–Trinajstić information content (AvgIpc) is 2.71. The van der Waals surface area contributed by atoms with Gasteiger partial charge in [0, 0.05) is 0 Å². The minimum atomic E-state index is -3.55. The van der Waals surface area contributed by atoms with Gasteiger partial charge < -0.3 is 19.5 Å². The van der Waals surface area contributed by atoms with Gasteiger partial charge in [-0.25, -0.2) is 8.42 Å². The topological polar surface area (TPSA) is 94.2 Å². The van der Waals surface area contributed by atoms with Gasteiger partial charge in [-0.3, -0.25) is 9.10 Å². The van der Waals surface area contributed by atoms with Gasteiger partial charge in [-0.1, -0.05) is 18.2 Å². The van der Waals surface area contributed by atoms with Crippen LogP contribution < -0.4 is 23.8 Å². The number of carbonyl (C=O) groups is 1. The summed E-state index contributed by atoms with van der Waals surface area (Å²) in [5.74, 6) is 1.28. The van der Waals surface area contributed by atoms with E-state index < -0.39 is 22.0 Å². The molecule has 0 spiro atoms. The third kappa shape index (κ3) is 3.95. The van der Waals surface area contributed by atoms with Crippen molar-refractivity contribution in [2.45, 2.75) is 19.1 Å². The van der Waals surface area contributed by atoms with E-state index in [2.05, 4.69) is 5.32 Å². The highest BCUT2D eigenvalue weighted by Crippen LogP contribution is 2.35. The summed E-state index contributed by atoms with van der Waals surface area (Å²) >= 11 is 0. The molecule has 2 aliphatic rings. The van der Waals surface area contributed by atoms with Crippen LogP contribution in [-0.4, -0.2) is 46.4 Å². The number of anilines is 1. The highest BCUT2D eigenvalue weighted by atomic mass is 32.2. The summed E-state index contributed by atoms with van der Waals surface area (Å²) in [5.41, 5.74) is 1.28. The predicted octanol–water partition coefficient (Wildman–Crippen LogP) is 1.86. The van der Waals surface area contributed by atoms with Gasteiger partial charge in [0.15, 0.2) is 17.6 Å². The van der Waals surface area contributed by atoms with Gasteiger partial charge in [0.25, 0.3) is 5.91 Å². The smallest absolute Gasteiger partial charge is 0.263 e. The van der Waals surface area contributed by atoms with E-state index >= 15 is 0 Å². The molecule has 1 amide bonds. The van der Waals surface area contributed by atoms with Crippen LogP contribution in [0.4, 0.5) is 5.69 Å². The van der Waals surface area contributed by atoms with Crippen LogP contribution in [0.2, 0.25) is 0 Å². The minimum Gasteiger partial charge on any atom is -0.486 e. The highest BCUT2D eigenvalue weighted by molar-refractivity contribution is 7.92. The van der Waals surface area contributed by atoms with E-state index in [9.17, 15) is 13.2 Å². The summed E-state index contributed by atoms with van der Waals surface area (Å²) in [4.78, 5) is 12.8. The number of amides is 1. The van der Waals surface area contributed by atoms with Crippen LogP contribution in [-0.2, 0) is 14.8 Å². The quantitative estimate of drug-likeness (QED) is 0.815. The van der Waals surface area contributed by atoms with Gasteiger partial charge in [0.05, 0.1) is 24.5 Å². The van der Waals surface area contributed by atoms with Gasteiger partial charge in [-0.05, 0) is 36.8 Å². The molecule has 4 rings (SSSR count). The first-order valence-corrected chi connectivity index (χ1v) is 11.1. The molecule has 2 aromatic rings. The SMILES string of the molecule is C[C@@H](NC(=O)[C@H]1CN(S(C)(=O)=O)c2ccccc2O1)c1ccc2c(c1)OCCO2. The van der Waals surface area contributed by atoms with Crippen molar-refractivity contribution in [3.8, 4) is 17.2 Å². The van der Waals surface area contributed by atoms with E-state index in [1.807, 2.05) is 25.1 Å². The molecule has 0 saturated heterocycles. The first kappa shape index (κ1) is 19.4. The molecule has 0 bridgehead atoms. The van der Waals surface area contributed by atoms with Gasteiger partial charge in [-0.15, -0.1) is 0 Å². The Bertz CT molecular complexity index is 1040. The summed E-state index contributed by atoms with van der Waals surface area (Å²) in [7, 11) is -3.55. The predicted molar refractivity (Wildman–Crippen MR) is 107 cm³/mol. The van der Waals surface area contributed by atoms with Crippen molar-refractivity contribution in [2.75, 3.05) is 30.3 Å². The summed E-state index contributed by atoms with van der Waals surface area (Å²) in [6.07, 6.45) is 0.154. The number of rotatable bonds is 4. The van der Waals surface area contributed by atoms with Gasteiger partial charge >= 0.3 is 0 Å². The van der Waals surface area contributed by atoms with Crippen molar-refractivity contribution in [1.82, 2.24) is 5.32 Å². The van der Waals surface area contributed by atoms with Crippen molar-refractivity contribution in [2.24, 2.45) is 0 Å². The molecule has 2 atom stereocenters. The minimum absolute atomic E-state index is 0.0878. The van der Waals surface area contributed by atoms with Crippen LogP contribution in [0, 0.1) is 0 Å². The molecular weight excluding hydrogens is 396 g/mol. The number of sulfonamides is 1. The van der Waals surface area contributed by atoms with Crippen LogP contribution in [0.5, 0.6) is 17.2 Å². The molecule has 0 radical (unpaired) electrons. The molecule has 0 unspecified atom stereocenters. The molecule has 1 N–H and O–H groups in total. The zero-order valence-electron chi connectivity index (χ0n) is 16.1. The fourth-order valence-electron chi connectivity index (χ4n) is 3.37. The number of para-hydroxylation sites is 2. The van der Waals surface area contributed by atoms with E-state index in [0.29, 0.717) is 36.1 Å². The Hall–Kier alpha value is -2.94. The van der Waals surface area contributed by atoms with E-state index in [1.54, 1.807) is 24.3 Å². The molecule has 29 heavy (non-hydrogen) atoms. The molecule has 2 aliphatic heterocycles. The van der Waals surface area contributed by atoms with Crippen molar-refractivity contribution in [3.63, 3.8) is 0 Å². The van der Waals surface area contributed by atoms with Gasteiger partial charge in [-0.2, -0.15) is 0 Å². The Morgan fingerprint density at radius 1 is 1.10 bits per heavy atom. The largest absolute Gasteiger partial charge is 0.486 e. The van der Waals surface area contributed by atoms with Crippen molar-refractivity contribution in [1.29, 1.82) is 0 Å². The molecule has 154 valence electrons. The highest BCUT2D eigenvalue weighted by Gasteiger charge is 2.35. The van der Waals surface area contributed by atoms with E-state index in [0.717, 1.165) is 11.8 Å². The second-order valence-electron chi connectivity index (χ2n) is 7.00. The molecule has 9 heteroatoms. The Morgan fingerprint density at radius 2 is 1.83 bits per heavy atom. The maximum Gasteiger partial charge on any atom is 0.263 e. The van der Waals surface area contributed by atoms with Crippen molar-refractivity contribution in [3.05, 3.63) is 48.0 Å². The fraction of sp³-hybridized carbons (Fsp3) is 0.350. The van der Waals surface area contributed by atoms with E-state index in [-0.39, 0.29) is 12.6 Å². The number of nitrogens with one attached hydrogen (secondary N) is 1. The molecule has 8 nitrogen and oxygen atoms in total. The number of fused-ring (bicyclic) bond motifs is 2. The van der Waals surface area contributed by atoms with E-state index in [1.165, 1.54) is 4.31 Å². The lowest BCUT2D eigenvalue weighted by Crippen LogP contribution is -2.50. The Balaban J connectivity index is 1.51. The first-order valence-electron chi connectivity index (χ1n) is 9.26. The van der Waals surface area contributed by atoms with E-state index in [4.69, 9.17) is 14.2 Å². The van der Waals surface area contributed by atoms with Gasteiger partial charge in [0.1, 0.15) is 19.0 Å². The number of carbonyl (C=O) groups excluding carboxylic acids is 1. The first-order chi connectivity index (χ1) is 13.8. The molecule has 0 aliphatic carbocycles. The average molecular weight is 418 g/mol. The fourth-order valence-corrected chi connectivity index (χ4v) is 4.29. The Morgan fingerprint density at radius 3 is 2.59 bits per heavy atom. The molecular formula is C20H22N2O6S. The lowest BCUT2D eigenvalue weighted by Gasteiger charge is -2.34. The Labute approximate surface area is 169 Å². The number of benzene rings is 2. The molecule has 0 saturated carbocycles. The third-order valence-electron chi connectivity index (χ3n) is 4.85. The number of ether oxygens (including phenoxy) is 3. The summed E-state index contributed by atoms with van der Waals surface area (Å²) in [6, 6.07) is 11.9. The second kappa shape index (κ2) is 7.47. The maximum absolute atomic E-state index is 12.8. The summed E-state index contributed by atoms with van der Waals surface area (Å²) < 4.78 is 42.5. The molecule has 2 aromatic carbocycles. The summed E-state index contributed by atoms with van der Waals surface area (Å²) in [6.45, 7) is 2.74.